The number of hydrogen-bond acceptors (Lipinski definition) is 5. The molecule has 0 saturated heterocycles. The maximum Gasteiger partial charge on any atom is 0.328 e. The molecule has 1 saturated carbocycles. The van der Waals surface area contributed by atoms with Crippen LogP contribution in [0.25, 0.3) is 11.1 Å². The maximum absolute atomic E-state index is 13.0. The number of nitrogens with one attached hydrogen (secondary N) is 2. The van der Waals surface area contributed by atoms with Crippen LogP contribution in [0.5, 0.6) is 5.75 Å². The third-order valence-electron chi connectivity index (χ3n) is 5.12. The van der Waals surface area contributed by atoms with E-state index < -0.39 is 22.0 Å². The van der Waals surface area contributed by atoms with E-state index in [1.54, 1.807) is 30.3 Å². The number of hydrogen-bond donors (Lipinski definition) is 3. The molecule has 1 aliphatic rings. The molecule has 0 spiro atoms. The largest absolute Gasteiger partial charge is 0.495 e. The second-order valence-corrected chi connectivity index (χ2v) is 8.81. The van der Waals surface area contributed by atoms with E-state index in [0.717, 1.165) is 32.1 Å². The van der Waals surface area contributed by atoms with Gasteiger partial charge < -0.3 is 15.8 Å². The molecule has 1 aliphatic carbocycles. The predicted molar refractivity (Wildman–Crippen MR) is 113 cm³/mol. The fourth-order valence-corrected chi connectivity index (χ4v) is 4.86. The Kier molecular flexibility index (Phi) is 6.61. The molecule has 0 atom stereocenters. The number of carbonyl (C=O) groups excluding carboxylic acids is 2. The van der Waals surface area contributed by atoms with Gasteiger partial charge in [0, 0.05) is 17.2 Å². The van der Waals surface area contributed by atoms with Crippen molar-refractivity contribution in [2.24, 2.45) is 5.73 Å². The van der Waals surface area contributed by atoms with Crippen molar-refractivity contribution in [3.8, 4) is 16.9 Å². The van der Waals surface area contributed by atoms with Gasteiger partial charge in [-0.2, -0.15) is 0 Å². The topological polar surface area (TPSA) is 128 Å². The Hall–Kier alpha value is -3.07. The number of carbonyl (C=O) groups is 2. The maximum atomic E-state index is 13.0. The first-order valence-electron chi connectivity index (χ1n) is 9.73. The van der Waals surface area contributed by atoms with Crippen LogP contribution in [-0.4, -0.2) is 33.5 Å². The summed E-state index contributed by atoms with van der Waals surface area (Å²) in [6, 6.07) is 10.1. The van der Waals surface area contributed by atoms with Gasteiger partial charge in [-0.1, -0.05) is 49.6 Å². The highest BCUT2D eigenvalue weighted by molar-refractivity contribution is 7.90. The fraction of sp³-hybridized carbons (Fsp3) is 0.333. The van der Waals surface area contributed by atoms with E-state index in [-0.39, 0.29) is 27.8 Å². The zero-order valence-electron chi connectivity index (χ0n) is 16.7. The SMILES string of the molecule is COc1c(C(N)=O)cccc1-c1ccccc1S(=O)(=O)NC(=O)NC1CCCCC1. The number of primary amides is 1. The van der Waals surface area contributed by atoms with Crippen LogP contribution in [0.2, 0.25) is 0 Å². The fourth-order valence-electron chi connectivity index (χ4n) is 3.73. The van der Waals surface area contributed by atoms with Crippen LogP contribution in [0.4, 0.5) is 4.79 Å². The Balaban J connectivity index is 1.94. The standard InChI is InChI=1S/C21H25N3O5S/c1-29-19-16(11-7-12-17(19)20(22)25)15-10-5-6-13-18(15)30(27,28)24-21(26)23-14-8-3-2-4-9-14/h5-7,10-14H,2-4,8-9H2,1H3,(H2,22,25)(H2,23,24,26). The summed E-state index contributed by atoms with van der Waals surface area (Å²) in [7, 11) is -2.81. The van der Waals surface area contributed by atoms with Crippen LogP contribution < -0.4 is 20.5 Å². The second-order valence-electron chi connectivity index (χ2n) is 7.16. The summed E-state index contributed by atoms with van der Waals surface area (Å²) in [6.45, 7) is 0. The van der Waals surface area contributed by atoms with Crippen molar-refractivity contribution >= 4 is 22.0 Å². The lowest BCUT2D eigenvalue weighted by Gasteiger charge is -2.23. The van der Waals surface area contributed by atoms with Gasteiger partial charge in [-0.05, 0) is 25.0 Å². The Morgan fingerprint density at radius 1 is 1.00 bits per heavy atom. The molecule has 2 aromatic rings. The average molecular weight is 432 g/mol. The molecule has 9 heteroatoms. The van der Waals surface area contributed by atoms with Gasteiger partial charge in [-0.3, -0.25) is 4.79 Å². The van der Waals surface area contributed by atoms with Crippen molar-refractivity contribution in [3.05, 3.63) is 48.0 Å². The molecule has 30 heavy (non-hydrogen) atoms. The Morgan fingerprint density at radius 3 is 2.33 bits per heavy atom. The number of methoxy groups -OCH3 is 1. The number of nitrogens with two attached hydrogens (primary N) is 1. The van der Waals surface area contributed by atoms with Gasteiger partial charge in [0.05, 0.1) is 17.6 Å². The lowest BCUT2D eigenvalue weighted by Crippen LogP contribution is -2.45. The van der Waals surface area contributed by atoms with Crippen molar-refractivity contribution in [3.63, 3.8) is 0 Å². The van der Waals surface area contributed by atoms with Crippen LogP contribution in [0, 0.1) is 0 Å². The second kappa shape index (κ2) is 9.17. The summed E-state index contributed by atoms with van der Waals surface area (Å²) in [5, 5.41) is 2.74. The highest BCUT2D eigenvalue weighted by Gasteiger charge is 2.25. The third kappa shape index (κ3) is 4.73. The van der Waals surface area contributed by atoms with Crippen molar-refractivity contribution in [2.75, 3.05) is 7.11 Å². The molecule has 0 aliphatic heterocycles. The minimum Gasteiger partial charge on any atom is -0.495 e. The molecule has 0 unspecified atom stereocenters. The Morgan fingerprint density at radius 2 is 1.67 bits per heavy atom. The highest BCUT2D eigenvalue weighted by Crippen LogP contribution is 2.36. The lowest BCUT2D eigenvalue weighted by molar-refractivity contribution is 0.0997. The quantitative estimate of drug-likeness (QED) is 0.648. The van der Waals surface area contributed by atoms with Crippen molar-refractivity contribution in [1.82, 2.24) is 10.0 Å². The minimum absolute atomic E-state index is 0.0310. The molecular formula is C21H25N3O5S. The van der Waals surface area contributed by atoms with E-state index >= 15 is 0 Å². The van der Waals surface area contributed by atoms with Crippen LogP contribution in [0.15, 0.2) is 47.4 Å². The number of amides is 3. The van der Waals surface area contributed by atoms with Gasteiger partial charge in [-0.25, -0.2) is 17.9 Å². The summed E-state index contributed by atoms with van der Waals surface area (Å²) in [4.78, 5) is 24.0. The number of para-hydroxylation sites is 1. The molecule has 1 fully saturated rings. The van der Waals surface area contributed by atoms with Crippen molar-refractivity contribution in [1.29, 1.82) is 0 Å². The first-order valence-corrected chi connectivity index (χ1v) is 11.2. The van der Waals surface area contributed by atoms with E-state index in [0.29, 0.717) is 5.56 Å². The smallest absolute Gasteiger partial charge is 0.328 e. The number of ether oxygens (including phenoxy) is 1. The minimum atomic E-state index is -4.18. The molecule has 160 valence electrons. The van der Waals surface area contributed by atoms with Crippen LogP contribution in [0.1, 0.15) is 42.5 Å². The molecule has 4 N–H and O–H groups in total. The van der Waals surface area contributed by atoms with Crippen LogP contribution in [0.3, 0.4) is 0 Å². The number of urea groups is 1. The molecular weight excluding hydrogens is 406 g/mol. The summed E-state index contributed by atoms with van der Waals surface area (Å²) >= 11 is 0. The molecule has 3 amide bonds. The average Bonchev–Trinajstić information content (AvgIpc) is 2.73. The highest BCUT2D eigenvalue weighted by atomic mass is 32.2. The van der Waals surface area contributed by atoms with Crippen LogP contribution in [-0.2, 0) is 10.0 Å². The Labute approximate surface area is 175 Å². The van der Waals surface area contributed by atoms with E-state index in [9.17, 15) is 18.0 Å². The van der Waals surface area contributed by atoms with Crippen LogP contribution >= 0.6 is 0 Å². The molecule has 0 radical (unpaired) electrons. The third-order valence-corrected chi connectivity index (χ3v) is 6.51. The first kappa shape index (κ1) is 21.6. The Bertz CT molecular complexity index is 1050. The van der Waals surface area contributed by atoms with Gasteiger partial charge >= 0.3 is 6.03 Å². The van der Waals surface area contributed by atoms with E-state index in [2.05, 4.69) is 10.0 Å². The molecule has 0 bridgehead atoms. The summed E-state index contributed by atoms with van der Waals surface area (Å²) in [6.07, 6.45) is 4.81. The summed E-state index contributed by atoms with van der Waals surface area (Å²) < 4.78 is 33.4. The van der Waals surface area contributed by atoms with Gasteiger partial charge in [-0.15, -0.1) is 0 Å². The van der Waals surface area contributed by atoms with E-state index in [1.807, 2.05) is 0 Å². The zero-order valence-corrected chi connectivity index (χ0v) is 17.5. The molecule has 0 aromatic heterocycles. The number of benzene rings is 2. The van der Waals surface area contributed by atoms with Gasteiger partial charge in [0.15, 0.2) is 0 Å². The normalized spacial score (nSPS) is 14.7. The van der Waals surface area contributed by atoms with E-state index in [1.165, 1.54) is 19.2 Å². The van der Waals surface area contributed by atoms with Crippen molar-refractivity contribution in [2.45, 2.75) is 43.0 Å². The molecule has 8 nitrogen and oxygen atoms in total. The van der Waals surface area contributed by atoms with Crippen molar-refractivity contribution < 1.29 is 22.7 Å². The van der Waals surface area contributed by atoms with Gasteiger partial charge in [0.1, 0.15) is 5.75 Å². The first-order chi connectivity index (χ1) is 14.3. The number of rotatable bonds is 6. The van der Waals surface area contributed by atoms with Gasteiger partial charge in [0.2, 0.25) is 0 Å². The summed E-state index contributed by atoms with van der Waals surface area (Å²) in [5.74, 6) is -0.529. The molecule has 3 rings (SSSR count). The lowest BCUT2D eigenvalue weighted by atomic mass is 9.96. The van der Waals surface area contributed by atoms with Gasteiger partial charge in [0.25, 0.3) is 15.9 Å². The predicted octanol–water partition coefficient (Wildman–Crippen LogP) is 2.78. The number of sulfonamides is 1. The summed E-state index contributed by atoms with van der Waals surface area (Å²) in [5.41, 5.74) is 6.21. The monoisotopic (exact) mass is 431 g/mol. The molecule has 0 heterocycles. The molecule has 2 aromatic carbocycles. The zero-order chi connectivity index (χ0) is 21.7. The van der Waals surface area contributed by atoms with E-state index in [4.69, 9.17) is 10.5 Å².